The van der Waals surface area contributed by atoms with Gasteiger partial charge in [0.15, 0.2) is 14.7 Å². The molecule has 1 radical (unpaired) electrons. The molecule has 7 aromatic rings. The van der Waals surface area contributed by atoms with Crippen LogP contribution in [0.25, 0.3) is 0 Å². The molecule has 0 fully saturated rings. The third-order valence-electron chi connectivity index (χ3n) is 9.52. The molecule has 223 valence electrons. The molecule has 0 heterocycles. The van der Waals surface area contributed by atoms with Gasteiger partial charge in [-0.05, 0) is 10.4 Å². The maximum absolute atomic E-state index is 14.7. The van der Waals surface area contributed by atoms with E-state index in [1.54, 1.807) is 0 Å². The van der Waals surface area contributed by atoms with Crippen LogP contribution in [-0.4, -0.2) is 56.9 Å². The molecular formula is C42H36NaOSi3. The van der Waals surface area contributed by atoms with Gasteiger partial charge in [0.05, 0.1) is 0 Å². The van der Waals surface area contributed by atoms with Crippen molar-refractivity contribution in [3.63, 3.8) is 0 Å². The standard InChI is InChI=1S/C42H36OSi3.Na/c43-45(39-28-14-4-15-29-39,40-30-16-5-17-31-40)46(41-32-18-6-19-33-41,42-34-20-7-21-35-42)44(36-22-8-1-9-23-36,37-24-10-2-11-25-37)38-26-12-3-13-27-38;/h1-35,43H;. The van der Waals surface area contributed by atoms with Gasteiger partial charge in [0.2, 0.25) is 7.83 Å². The van der Waals surface area contributed by atoms with Gasteiger partial charge in [-0.2, -0.15) is 0 Å². The van der Waals surface area contributed by atoms with Crippen LogP contribution in [-0.2, 0) is 0 Å². The number of benzene rings is 7. The van der Waals surface area contributed by atoms with Crippen molar-refractivity contribution >= 4 is 88.4 Å². The zero-order valence-electron chi connectivity index (χ0n) is 26.7. The summed E-state index contributed by atoms with van der Waals surface area (Å²) in [5, 5.41) is 8.52. The predicted octanol–water partition coefficient (Wildman–Crippen LogP) is 3.95. The van der Waals surface area contributed by atoms with E-state index < -0.39 is 22.5 Å². The minimum atomic E-state index is -3.75. The van der Waals surface area contributed by atoms with Crippen molar-refractivity contribution in [2.45, 2.75) is 0 Å². The molecule has 0 saturated heterocycles. The van der Waals surface area contributed by atoms with Crippen LogP contribution in [0.2, 0.25) is 0 Å². The SMILES string of the molecule is O[Si](c1ccccc1)(c1ccccc1)[Si](c1ccccc1)(c1ccccc1)[Si](c1ccccc1)(c1ccccc1)c1ccccc1.[Na]. The summed E-state index contributed by atoms with van der Waals surface area (Å²) in [6, 6.07) is 76.9. The average Bonchev–Trinajstić information content (AvgIpc) is 3.16. The van der Waals surface area contributed by atoms with Gasteiger partial charge in [-0.1, -0.05) is 238 Å². The molecule has 47 heavy (non-hydrogen) atoms. The molecule has 0 aromatic heterocycles. The second kappa shape index (κ2) is 14.5. The molecule has 0 amide bonds. The molecule has 0 aliphatic carbocycles. The summed E-state index contributed by atoms with van der Waals surface area (Å²) in [5.41, 5.74) is 0. The van der Waals surface area contributed by atoms with E-state index >= 15 is 0 Å². The quantitative estimate of drug-likeness (QED) is 0.183. The van der Waals surface area contributed by atoms with Crippen LogP contribution in [0.3, 0.4) is 0 Å². The Morgan fingerprint density at radius 2 is 0.447 bits per heavy atom. The first kappa shape index (κ1) is 33.1. The summed E-state index contributed by atoms with van der Waals surface area (Å²) in [6.45, 7) is 0. The fourth-order valence-corrected chi connectivity index (χ4v) is 47.8. The molecule has 0 saturated carbocycles. The molecule has 0 spiro atoms. The third kappa shape index (κ3) is 5.40. The van der Waals surface area contributed by atoms with Gasteiger partial charge < -0.3 is 4.80 Å². The van der Waals surface area contributed by atoms with Crippen LogP contribution in [0.4, 0.5) is 0 Å². The molecule has 0 bridgehead atoms. The van der Waals surface area contributed by atoms with Gasteiger partial charge in [-0.3, -0.25) is 0 Å². The summed E-state index contributed by atoms with van der Waals surface area (Å²) >= 11 is 0. The molecular weight excluding hydrogens is 628 g/mol. The van der Waals surface area contributed by atoms with Gasteiger partial charge in [-0.15, -0.1) is 0 Å². The van der Waals surface area contributed by atoms with E-state index in [2.05, 4.69) is 212 Å². The molecule has 1 N–H and O–H groups in total. The Bertz CT molecular complexity index is 1800. The van der Waals surface area contributed by atoms with E-state index in [9.17, 15) is 4.80 Å². The topological polar surface area (TPSA) is 20.2 Å². The molecule has 5 heteroatoms. The van der Waals surface area contributed by atoms with Crippen LogP contribution in [0, 0.1) is 0 Å². The zero-order chi connectivity index (χ0) is 31.3. The van der Waals surface area contributed by atoms with Gasteiger partial charge in [0.25, 0.3) is 0 Å². The van der Waals surface area contributed by atoms with Crippen LogP contribution in [0.1, 0.15) is 0 Å². The zero-order valence-corrected chi connectivity index (χ0v) is 31.7. The van der Waals surface area contributed by atoms with Crippen molar-refractivity contribution in [1.82, 2.24) is 0 Å². The van der Waals surface area contributed by atoms with Crippen LogP contribution >= 0.6 is 0 Å². The van der Waals surface area contributed by atoms with Crippen molar-refractivity contribution < 1.29 is 4.80 Å². The van der Waals surface area contributed by atoms with Gasteiger partial charge in [0.1, 0.15) is 0 Å². The Hall–Kier alpha value is -3.85. The first-order valence-electron chi connectivity index (χ1n) is 15.8. The minimum absolute atomic E-state index is 0. The van der Waals surface area contributed by atoms with Crippen LogP contribution in [0.15, 0.2) is 212 Å². The molecule has 0 aliphatic rings. The minimum Gasteiger partial charge on any atom is -0.426 e. The fourth-order valence-electron chi connectivity index (χ4n) is 7.84. The number of hydrogen-bond donors (Lipinski definition) is 1. The molecule has 7 aromatic carbocycles. The first-order valence-corrected chi connectivity index (χ1v) is 23.8. The summed E-state index contributed by atoms with van der Waals surface area (Å²) in [5.74, 6) is 0. The van der Waals surface area contributed by atoms with Crippen molar-refractivity contribution in [3.05, 3.63) is 212 Å². The molecule has 7 rings (SSSR count). The second-order valence-corrected chi connectivity index (χ2v) is 30.7. The Kier molecular flexibility index (Phi) is 10.2. The molecule has 0 atom stereocenters. The van der Waals surface area contributed by atoms with E-state index in [0.717, 1.165) is 10.4 Å². The van der Waals surface area contributed by atoms with Crippen LogP contribution in [0.5, 0.6) is 0 Å². The average molecular weight is 664 g/mol. The van der Waals surface area contributed by atoms with E-state index in [0.29, 0.717) is 0 Å². The molecule has 0 aliphatic heterocycles. The van der Waals surface area contributed by atoms with Crippen molar-refractivity contribution in [3.8, 4) is 0 Å². The maximum atomic E-state index is 14.7. The van der Waals surface area contributed by atoms with Gasteiger partial charge in [-0.25, -0.2) is 0 Å². The Balaban J connectivity index is 0.00000386. The fraction of sp³-hybridized carbons (Fsp3) is 0. The first-order chi connectivity index (χ1) is 22.7. The number of rotatable bonds is 9. The largest absolute Gasteiger partial charge is 0.426 e. The Morgan fingerprint density at radius 1 is 0.255 bits per heavy atom. The smallest absolute Gasteiger partial charge is 0.246 e. The van der Waals surface area contributed by atoms with E-state index in [1.807, 2.05) is 0 Å². The van der Waals surface area contributed by atoms with Gasteiger partial charge >= 0.3 is 0 Å². The van der Waals surface area contributed by atoms with Crippen molar-refractivity contribution in [2.24, 2.45) is 0 Å². The van der Waals surface area contributed by atoms with Crippen molar-refractivity contribution in [2.75, 3.05) is 0 Å². The van der Waals surface area contributed by atoms with E-state index in [-0.39, 0.29) is 29.6 Å². The Labute approximate surface area is 303 Å². The summed E-state index contributed by atoms with van der Waals surface area (Å²) in [6.07, 6.45) is 0. The molecule has 0 unspecified atom stereocenters. The van der Waals surface area contributed by atoms with E-state index in [4.69, 9.17) is 0 Å². The van der Waals surface area contributed by atoms with Crippen LogP contribution < -0.4 is 36.3 Å². The van der Waals surface area contributed by atoms with Crippen molar-refractivity contribution in [1.29, 1.82) is 0 Å². The Morgan fingerprint density at radius 3 is 0.681 bits per heavy atom. The number of hydrogen-bond acceptors (Lipinski definition) is 1. The third-order valence-corrected chi connectivity index (χ3v) is 41.1. The van der Waals surface area contributed by atoms with E-state index in [1.165, 1.54) is 25.9 Å². The predicted molar refractivity (Wildman–Crippen MR) is 208 cm³/mol. The summed E-state index contributed by atoms with van der Waals surface area (Å²) in [7, 11) is -10.4. The normalized spacial score (nSPS) is 11.8. The summed E-state index contributed by atoms with van der Waals surface area (Å²) < 4.78 is 0. The molecule has 1 nitrogen and oxygen atoms in total. The summed E-state index contributed by atoms with van der Waals surface area (Å²) in [4.78, 5) is 14.7. The second-order valence-electron chi connectivity index (χ2n) is 11.8. The van der Waals surface area contributed by atoms with Gasteiger partial charge in [0, 0.05) is 29.6 Å². The maximum Gasteiger partial charge on any atom is 0.246 e. The monoisotopic (exact) mass is 663 g/mol.